The first-order valence-electron chi connectivity index (χ1n) is 22.8. The molecule has 0 radical (unpaired) electrons. The highest BCUT2D eigenvalue weighted by atomic mass is 16.5. The predicted octanol–water partition coefficient (Wildman–Crippen LogP) is 3.46. The quantitative estimate of drug-likeness (QED) is 0.195. The van der Waals surface area contributed by atoms with Crippen molar-refractivity contribution in [3.8, 4) is 0 Å². The fourth-order valence-corrected chi connectivity index (χ4v) is 10.7. The molecule has 5 saturated heterocycles. The van der Waals surface area contributed by atoms with Crippen LogP contribution in [0.2, 0.25) is 0 Å². The van der Waals surface area contributed by atoms with Crippen LogP contribution in [0.15, 0.2) is 35.1 Å². The largest absolute Gasteiger partial charge is 0.355 e. The van der Waals surface area contributed by atoms with Gasteiger partial charge in [-0.2, -0.15) is 10.2 Å². The molecule has 0 spiro atoms. The van der Waals surface area contributed by atoms with Crippen molar-refractivity contribution in [2.75, 3.05) is 55.6 Å². The molecule has 10 rings (SSSR count). The van der Waals surface area contributed by atoms with Crippen molar-refractivity contribution in [3.63, 3.8) is 0 Å². The molecule has 5 aromatic rings. The topological polar surface area (TPSA) is 201 Å². The summed E-state index contributed by atoms with van der Waals surface area (Å²) in [6.07, 6.45) is 12.1. The minimum absolute atomic E-state index is 0.0948. The van der Waals surface area contributed by atoms with Crippen molar-refractivity contribution in [3.05, 3.63) is 64.6 Å². The number of hydrogen-bond donors (Lipinski definition) is 3. The van der Waals surface area contributed by atoms with Crippen LogP contribution in [-0.4, -0.2) is 131 Å². The maximum atomic E-state index is 14.4. The maximum absolute atomic E-state index is 14.4. The zero-order chi connectivity index (χ0) is 42.8. The third-order valence-corrected chi connectivity index (χ3v) is 14.1. The lowest BCUT2D eigenvalue weighted by Crippen LogP contribution is -2.50. The zero-order valence-corrected chi connectivity index (χ0v) is 36.5. The smallest absolute Gasteiger partial charge is 0.293 e. The van der Waals surface area contributed by atoms with Crippen molar-refractivity contribution >= 4 is 34.7 Å². The number of rotatable bonds is 9. The number of anilines is 2. The molecule has 18 nitrogen and oxygen atoms in total. The Morgan fingerprint density at radius 3 is 2.02 bits per heavy atom. The number of likely N-dealkylation sites (tertiary alicyclic amines) is 2. The van der Waals surface area contributed by atoms with E-state index in [0.29, 0.717) is 24.7 Å². The third kappa shape index (κ3) is 7.79. The molecule has 5 aliphatic heterocycles. The van der Waals surface area contributed by atoms with Gasteiger partial charge in [0.05, 0.1) is 29.2 Å². The second kappa shape index (κ2) is 16.5. The van der Waals surface area contributed by atoms with E-state index in [1.807, 2.05) is 33.1 Å². The van der Waals surface area contributed by atoms with Gasteiger partial charge in [0.2, 0.25) is 11.7 Å². The van der Waals surface area contributed by atoms with Crippen LogP contribution in [0.3, 0.4) is 0 Å². The zero-order valence-electron chi connectivity index (χ0n) is 36.5. The van der Waals surface area contributed by atoms with Gasteiger partial charge in [-0.05, 0) is 91.4 Å². The number of aromatic nitrogens is 7. The summed E-state index contributed by atoms with van der Waals surface area (Å²) in [6, 6.07) is 5.63. The van der Waals surface area contributed by atoms with E-state index in [2.05, 4.69) is 63.3 Å². The molecule has 62 heavy (non-hydrogen) atoms. The van der Waals surface area contributed by atoms with E-state index >= 15 is 0 Å². The lowest BCUT2D eigenvalue weighted by molar-refractivity contribution is -0.137. The van der Waals surface area contributed by atoms with Gasteiger partial charge in [0, 0.05) is 106 Å². The Morgan fingerprint density at radius 2 is 1.42 bits per heavy atom. The molecule has 0 saturated carbocycles. The molecule has 0 aliphatic carbocycles. The summed E-state index contributed by atoms with van der Waals surface area (Å²) in [5.74, 6) is 2.42. The lowest BCUT2D eigenvalue weighted by Gasteiger charge is -2.39. The molecule has 2 amide bonds. The van der Waals surface area contributed by atoms with Crippen molar-refractivity contribution in [1.29, 1.82) is 0 Å². The molecule has 5 aliphatic rings. The van der Waals surface area contributed by atoms with Crippen LogP contribution in [0.4, 0.5) is 11.6 Å². The molecule has 5 N–H and O–H groups in total. The standard InChI is InChI=1S/C44H61N15O3/c1-26-22-58-39(47-41(26)53-13-10-31(45)24-53)20-33(49-58)36-7-5-6-12-55(36)43(60)35-18-29(4)57(51-35)16-9-30-8-15-56(44(61)38-17-28(3)52-62-38)37(19-30)34-21-40-48-42(27(2)23-59(40)50-34)54-14-11-32(46)25-54/h17,20-23,29-32,35-37,51H,5-16,18-19,24-25,45-46H2,1-4H3. The van der Waals surface area contributed by atoms with Gasteiger partial charge in [-0.15, -0.1) is 0 Å². The van der Waals surface area contributed by atoms with Crippen LogP contribution in [0.1, 0.15) is 116 Å². The van der Waals surface area contributed by atoms with E-state index in [4.69, 9.17) is 36.2 Å². The fourth-order valence-electron chi connectivity index (χ4n) is 10.7. The van der Waals surface area contributed by atoms with Crippen molar-refractivity contribution in [2.24, 2.45) is 17.4 Å². The molecule has 0 aromatic carbocycles. The van der Waals surface area contributed by atoms with Crippen molar-refractivity contribution in [2.45, 2.75) is 122 Å². The third-order valence-electron chi connectivity index (χ3n) is 14.1. The first-order valence-corrected chi connectivity index (χ1v) is 22.8. The summed E-state index contributed by atoms with van der Waals surface area (Å²) < 4.78 is 9.17. The van der Waals surface area contributed by atoms with Crippen LogP contribution in [0, 0.1) is 26.7 Å². The Balaban J connectivity index is 0.822. The maximum Gasteiger partial charge on any atom is 0.293 e. The number of hydrazine groups is 1. The first kappa shape index (κ1) is 40.9. The van der Waals surface area contributed by atoms with E-state index in [9.17, 15) is 9.59 Å². The molecular formula is C44H61N15O3. The molecule has 5 fully saturated rings. The minimum Gasteiger partial charge on any atom is -0.355 e. The van der Waals surface area contributed by atoms with E-state index < -0.39 is 0 Å². The number of amides is 2. The fraction of sp³-hybridized carbons (Fsp3) is 0.614. The summed E-state index contributed by atoms with van der Waals surface area (Å²) in [7, 11) is 0. The Labute approximate surface area is 361 Å². The molecule has 7 unspecified atom stereocenters. The van der Waals surface area contributed by atoms with E-state index in [1.54, 1.807) is 6.07 Å². The second-order valence-corrected chi connectivity index (χ2v) is 18.8. The van der Waals surface area contributed by atoms with Gasteiger partial charge in [0.1, 0.15) is 17.7 Å². The van der Waals surface area contributed by atoms with Gasteiger partial charge >= 0.3 is 0 Å². The minimum atomic E-state index is -0.304. The highest BCUT2D eigenvalue weighted by molar-refractivity contribution is 5.92. The number of carbonyl (C=O) groups is 2. The predicted molar refractivity (Wildman–Crippen MR) is 233 cm³/mol. The second-order valence-electron chi connectivity index (χ2n) is 18.8. The SMILES string of the molecule is Cc1cc(C(=O)N2CCC(CCN3NC(C(=O)N4CCCCC4c4cc5nc(N6CCC(N)C6)c(C)cn5n4)CC3C)CC2c2cc3nc(N4CCC(N)C4)c(C)cn3n2)on1. The first-order chi connectivity index (χ1) is 29.9. The van der Waals surface area contributed by atoms with Crippen LogP contribution >= 0.6 is 0 Å². The van der Waals surface area contributed by atoms with Gasteiger partial charge < -0.3 is 35.6 Å². The molecule has 0 bridgehead atoms. The van der Waals surface area contributed by atoms with Crippen LogP contribution in [0.25, 0.3) is 11.3 Å². The number of fused-ring (bicyclic) bond motifs is 2. The van der Waals surface area contributed by atoms with Gasteiger partial charge in [-0.1, -0.05) is 5.16 Å². The Kier molecular flexibility index (Phi) is 10.9. The monoisotopic (exact) mass is 848 g/mol. The summed E-state index contributed by atoms with van der Waals surface area (Å²) in [5.41, 5.74) is 22.1. The molecular weight excluding hydrogens is 787 g/mol. The average molecular weight is 848 g/mol. The lowest BCUT2D eigenvalue weighted by atomic mass is 9.86. The van der Waals surface area contributed by atoms with E-state index in [0.717, 1.165) is 136 Å². The number of piperidine rings is 2. The van der Waals surface area contributed by atoms with Gasteiger partial charge in [-0.25, -0.2) is 29.4 Å². The Bertz CT molecular complexity index is 2460. The molecule has 5 aromatic heterocycles. The van der Waals surface area contributed by atoms with E-state index in [-0.39, 0.29) is 53.8 Å². The van der Waals surface area contributed by atoms with Crippen LogP contribution in [0.5, 0.6) is 0 Å². The number of nitrogens with two attached hydrogens (primary N) is 2. The summed E-state index contributed by atoms with van der Waals surface area (Å²) in [6.45, 7) is 13.6. The highest BCUT2D eigenvalue weighted by Crippen LogP contribution is 2.38. The number of nitrogens with one attached hydrogen (secondary N) is 1. The van der Waals surface area contributed by atoms with Gasteiger partial charge in [-0.3, -0.25) is 9.59 Å². The number of carbonyl (C=O) groups excluding carboxylic acids is 2. The van der Waals surface area contributed by atoms with Crippen molar-refractivity contribution < 1.29 is 14.1 Å². The van der Waals surface area contributed by atoms with Crippen LogP contribution in [-0.2, 0) is 4.79 Å². The molecule has 18 heteroatoms. The number of hydrogen-bond acceptors (Lipinski definition) is 14. The summed E-state index contributed by atoms with van der Waals surface area (Å²) >= 11 is 0. The molecule has 10 heterocycles. The van der Waals surface area contributed by atoms with Gasteiger partial charge in [0.15, 0.2) is 11.3 Å². The number of aryl methyl sites for hydroxylation is 3. The normalized spacial score (nSPS) is 27.4. The molecule has 330 valence electrons. The van der Waals surface area contributed by atoms with Crippen molar-refractivity contribution in [1.82, 2.24) is 54.6 Å². The van der Waals surface area contributed by atoms with E-state index in [1.165, 1.54) is 0 Å². The molecule has 7 atom stereocenters. The number of nitrogens with zero attached hydrogens (tertiary/aromatic N) is 12. The average Bonchev–Trinajstić information content (AvgIpc) is 4.14. The highest BCUT2D eigenvalue weighted by Gasteiger charge is 2.41. The summed E-state index contributed by atoms with van der Waals surface area (Å²) in [5, 5.41) is 16.3. The Hall–Kier alpha value is -5.17. The summed E-state index contributed by atoms with van der Waals surface area (Å²) in [4.78, 5) is 47.0. The van der Waals surface area contributed by atoms with Gasteiger partial charge in [0.25, 0.3) is 5.91 Å². The van der Waals surface area contributed by atoms with Crippen LogP contribution < -0.4 is 26.7 Å². The Morgan fingerprint density at radius 1 is 0.774 bits per heavy atom.